The number of hydrogen-bond donors (Lipinski definition) is 0. The number of hydrogen-bond acceptors (Lipinski definition) is 3. The van der Waals surface area contributed by atoms with Gasteiger partial charge in [-0.3, -0.25) is 0 Å². The average Bonchev–Trinajstić information content (AvgIpc) is 3.08. The number of nitrogens with zero attached hydrogens (tertiary/aromatic N) is 2. The summed E-state index contributed by atoms with van der Waals surface area (Å²) in [6.45, 7) is 8.85. The highest BCUT2D eigenvalue weighted by atomic mass is 19.1. The van der Waals surface area contributed by atoms with Crippen molar-refractivity contribution in [2.45, 2.75) is 65.3 Å². The zero-order valence-electron chi connectivity index (χ0n) is 18.9. The minimum absolute atomic E-state index is 0.164. The predicted molar refractivity (Wildman–Crippen MR) is 125 cm³/mol. The molecule has 0 radical (unpaired) electrons. The number of aldehydes is 1. The molecule has 2 heterocycles. The standard InChI is InChI=1S/C27H31FN2O/c1-5-9-18(6-2)19(10-8-13-31)14-25-27-22(16-30(25)4)21-12-7-11-20-17(3)23(28)15-24(29-27)26(20)21/h6,13-15H,2,5,7-12,16H2,1,3-4H3/b19-18+,25-14-. The molecule has 0 atom stereocenters. The molecule has 0 unspecified atom stereocenters. The smallest absolute Gasteiger partial charge is 0.128 e. The summed E-state index contributed by atoms with van der Waals surface area (Å²) < 4.78 is 14.6. The molecule has 0 amide bonds. The molecule has 1 aliphatic heterocycles. The number of halogens is 1. The van der Waals surface area contributed by atoms with Crippen molar-refractivity contribution in [1.29, 1.82) is 0 Å². The minimum Gasteiger partial charge on any atom is -0.368 e. The summed E-state index contributed by atoms with van der Waals surface area (Å²) in [5.74, 6) is -0.164. The van der Waals surface area contributed by atoms with Crippen LogP contribution in [0.3, 0.4) is 0 Å². The van der Waals surface area contributed by atoms with Crippen LogP contribution in [-0.4, -0.2) is 23.2 Å². The maximum absolute atomic E-state index is 14.6. The van der Waals surface area contributed by atoms with E-state index in [2.05, 4.69) is 31.5 Å². The van der Waals surface area contributed by atoms with E-state index in [0.29, 0.717) is 12.8 Å². The van der Waals surface area contributed by atoms with Gasteiger partial charge in [-0.05, 0) is 72.9 Å². The Morgan fingerprint density at radius 3 is 2.71 bits per heavy atom. The number of carbonyl (C=O) groups is 1. The second kappa shape index (κ2) is 8.78. The molecule has 4 heteroatoms. The summed E-state index contributed by atoms with van der Waals surface area (Å²) >= 11 is 0. The first kappa shape index (κ1) is 21.5. The Hall–Kier alpha value is -2.75. The quantitative estimate of drug-likeness (QED) is 0.395. The molecule has 0 saturated heterocycles. The highest BCUT2D eigenvalue weighted by Crippen LogP contribution is 2.41. The van der Waals surface area contributed by atoms with Crippen LogP contribution in [0.2, 0.25) is 0 Å². The Bertz CT molecular complexity index is 1130. The summed E-state index contributed by atoms with van der Waals surface area (Å²) in [4.78, 5) is 18.3. The third-order valence-electron chi connectivity index (χ3n) is 6.74. The van der Waals surface area contributed by atoms with Crippen molar-refractivity contribution < 1.29 is 9.18 Å². The number of carbonyl (C=O) groups excluding carboxylic acids is 1. The molecular formula is C27H31FN2O. The van der Waals surface area contributed by atoms with Gasteiger partial charge in [0, 0.05) is 37.0 Å². The van der Waals surface area contributed by atoms with Crippen LogP contribution in [0.15, 0.2) is 35.9 Å². The van der Waals surface area contributed by atoms with Crippen LogP contribution in [-0.2, 0) is 24.2 Å². The van der Waals surface area contributed by atoms with Crippen LogP contribution >= 0.6 is 0 Å². The molecule has 1 aliphatic carbocycles. The average molecular weight is 419 g/mol. The van der Waals surface area contributed by atoms with E-state index in [4.69, 9.17) is 4.98 Å². The van der Waals surface area contributed by atoms with E-state index in [1.165, 1.54) is 22.1 Å². The topological polar surface area (TPSA) is 33.2 Å². The van der Waals surface area contributed by atoms with Crippen molar-refractivity contribution in [2.75, 3.05) is 7.05 Å². The molecule has 31 heavy (non-hydrogen) atoms. The number of allylic oxidation sites excluding steroid dienone is 4. The molecule has 0 N–H and O–H groups in total. The Labute approximate surface area is 184 Å². The van der Waals surface area contributed by atoms with E-state index in [0.717, 1.165) is 78.5 Å². The van der Waals surface area contributed by atoms with Gasteiger partial charge in [0.15, 0.2) is 0 Å². The highest BCUT2D eigenvalue weighted by Gasteiger charge is 2.30. The fraction of sp³-hybridized carbons (Fsp3) is 0.407. The van der Waals surface area contributed by atoms with Gasteiger partial charge in [-0.15, -0.1) is 0 Å². The van der Waals surface area contributed by atoms with Gasteiger partial charge in [0.05, 0.1) is 16.9 Å². The number of fused-ring (bicyclic) bond motifs is 2. The Balaban J connectivity index is 1.93. The molecular weight excluding hydrogens is 387 g/mol. The van der Waals surface area contributed by atoms with Gasteiger partial charge < -0.3 is 9.69 Å². The molecule has 4 rings (SSSR count). The van der Waals surface area contributed by atoms with Crippen LogP contribution < -0.4 is 0 Å². The maximum Gasteiger partial charge on any atom is 0.128 e. The third kappa shape index (κ3) is 3.73. The van der Waals surface area contributed by atoms with Crippen LogP contribution in [0, 0.1) is 12.7 Å². The summed E-state index contributed by atoms with van der Waals surface area (Å²) in [5, 5.41) is 1.17. The Kier molecular flexibility index (Phi) is 6.08. The van der Waals surface area contributed by atoms with E-state index < -0.39 is 0 Å². The second-order valence-corrected chi connectivity index (χ2v) is 8.72. The van der Waals surface area contributed by atoms with E-state index in [1.54, 1.807) is 6.07 Å². The van der Waals surface area contributed by atoms with Crippen LogP contribution in [0.1, 0.15) is 67.0 Å². The van der Waals surface area contributed by atoms with Crippen molar-refractivity contribution in [3.63, 3.8) is 0 Å². The van der Waals surface area contributed by atoms with Crippen molar-refractivity contribution in [1.82, 2.24) is 9.88 Å². The van der Waals surface area contributed by atoms with E-state index in [-0.39, 0.29) is 5.82 Å². The Morgan fingerprint density at radius 2 is 2.00 bits per heavy atom. The predicted octanol–water partition coefficient (Wildman–Crippen LogP) is 6.22. The number of benzene rings is 1. The van der Waals surface area contributed by atoms with Gasteiger partial charge in [0.25, 0.3) is 0 Å². The monoisotopic (exact) mass is 418 g/mol. The lowest BCUT2D eigenvalue weighted by molar-refractivity contribution is -0.107. The molecule has 0 saturated carbocycles. The largest absolute Gasteiger partial charge is 0.368 e. The number of aromatic nitrogens is 1. The number of aryl methyl sites for hydroxylation is 2. The summed E-state index contributed by atoms with van der Waals surface area (Å²) in [6.07, 6.45) is 11.2. The van der Waals surface area contributed by atoms with Crippen LogP contribution in [0.4, 0.5) is 4.39 Å². The number of pyridine rings is 1. The summed E-state index contributed by atoms with van der Waals surface area (Å²) in [6, 6.07) is 1.61. The molecule has 1 aromatic heterocycles. The van der Waals surface area contributed by atoms with Crippen molar-refractivity contribution in [3.05, 3.63) is 69.7 Å². The van der Waals surface area contributed by atoms with Crippen molar-refractivity contribution in [3.8, 4) is 0 Å². The molecule has 0 bridgehead atoms. The first-order valence-corrected chi connectivity index (χ1v) is 11.3. The first-order valence-electron chi connectivity index (χ1n) is 11.3. The normalized spacial score (nSPS) is 17.2. The molecule has 0 spiro atoms. The fourth-order valence-electron chi connectivity index (χ4n) is 5.16. The minimum atomic E-state index is -0.164. The molecule has 3 nitrogen and oxygen atoms in total. The first-order chi connectivity index (χ1) is 15.0. The van der Waals surface area contributed by atoms with Crippen molar-refractivity contribution in [2.24, 2.45) is 0 Å². The van der Waals surface area contributed by atoms with Crippen molar-refractivity contribution >= 4 is 22.9 Å². The van der Waals surface area contributed by atoms with Crippen LogP contribution in [0.5, 0.6) is 0 Å². The fourth-order valence-corrected chi connectivity index (χ4v) is 5.16. The molecule has 2 aliphatic rings. The molecule has 2 aromatic rings. The lowest BCUT2D eigenvalue weighted by Crippen LogP contribution is -2.10. The highest BCUT2D eigenvalue weighted by molar-refractivity contribution is 5.92. The summed E-state index contributed by atoms with van der Waals surface area (Å²) in [7, 11) is 2.09. The molecule has 0 fully saturated rings. The molecule has 162 valence electrons. The van der Waals surface area contributed by atoms with Gasteiger partial charge in [0.1, 0.15) is 12.1 Å². The van der Waals surface area contributed by atoms with Gasteiger partial charge >= 0.3 is 0 Å². The zero-order valence-corrected chi connectivity index (χ0v) is 18.9. The van der Waals surface area contributed by atoms with Gasteiger partial charge in [0.2, 0.25) is 0 Å². The van der Waals surface area contributed by atoms with E-state index in [1.807, 2.05) is 13.0 Å². The molecule has 1 aromatic carbocycles. The maximum atomic E-state index is 14.6. The SMILES string of the molecule is C=C/C(CCC)=C(\C=C1\c2nc3cc(F)c(C)c4c3c(c2CN1C)CCC4)CCC=O. The second-order valence-electron chi connectivity index (χ2n) is 8.72. The Morgan fingerprint density at radius 1 is 1.23 bits per heavy atom. The van der Waals surface area contributed by atoms with E-state index in [9.17, 15) is 9.18 Å². The van der Waals surface area contributed by atoms with Gasteiger partial charge in [-0.1, -0.05) is 26.0 Å². The third-order valence-corrected chi connectivity index (χ3v) is 6.74. The van der Waals surface area contributed by atoms with E-state index >= 15 is 0 Å². The number of rotatable bonds is 7. The van der Waals surface area contributed by atoms with Crippen LogP contribution in [0.25, 0.3) is 16.6 Å². The van der Waals surface area contributed by atoms with Gasteiger partial charge in [-0.2, -0.15) is 0 Å². The lowest BCUT2D eigenvalue weighted by Gasteiger charge is -2.21. The lowest BCUT2D eigenvalue weighted by atomic mass is 9.85. The van der Waals surface area contributed by atoms with Gasteiger partial charge in [-0.25, -0.2) is 9.37 Å². The summed E-state index contributed by atoms with van der Waals surface area (Å²) in [5.41, 5.74) is 9.64. The zero-order chi connectivity index (χ0) is 22.1.